The Kier molecular flexibility index (Phi) is 5.38. The summed E-state index contributed by atoms with van der Waals surface area (Å²) in [5.41, 5.74) is 5.78. The Morgan fingerprint density at radius 3 is 2.88 bits per heavy atom. The zero-order valence-corrected chi connectivity index (χ0v) is 9.97. The van der Waals surface area contributed by atoms with Crippen LogP contribution in [0, 0.1) is 0 Å². The molecule has 0 fully saturated rings. The number of carbonyl (C=O) groups excluding carboxylic acids is 1. The smallest absolute Gasteiger partial charge is 0.270 e. The Morgan fingerprint density at radius 1 is 1.53 bits per heavy atom. The minimum Gasteiger partial charge on any atom is -0.384 e. The molecule has 0 aliphatic carbocycles. The van der Waals surface area contributed by atoms with Gasteiger partial charge in [-0.05, 0) is 12.1 Å². The molecule has 1 amide bonds. The molecular formula is C11H17N3O3. The van der Waals surface area contributed by atoms with Crippen LogP contribution in [0.1, 0.15) is 10.5 Å². The lowest BCUT2D eigenvalue weighted by atomic mass is 10.3. The first-order valence-corrected chi connectivity index (χ1v) is 5.19. The summed E-state index contributed by atoms with van der Waals surface area (Å²) in [6.45, 7) is 0.779. The molecule has 0 bridgehead atoms. The molecule has 1 unspecified atom stereocenters. The van der Waals surface area contributed by atoms with Crippen LogP contribution < -0.4 is 11.1 Å². The lowest BCUT2D eigenvalue weighted by Gasteiger charge is -2.14. The quantitative estimate of drug-likeness (QED) is 0.732. The largest absolute Gasteiger partial charge is 0.384 e. The van der Waals surface area contributed by atoms with Gasteiger partial charge in [0.15, 0.2) is 0 Å². The molecule has 6 nitrogen and oxygen atoms in total. The Hall–Kier alpha value is -1.66. The Morgan fingerprint density at radius 2 is 2.29 bits per heavy atom. The van der Waals surface area contributed by atoms with Gasteiger partial charge in [0.05, 0.1) is 12.7 Å². The van der Waals surface area contributed by atoms with Gasteiger partial charge in [0, 0.05) is 20.8 Å². The number of nitrogens with one attached hydrogen (secondary N) is 1. The summed E-state index contributed by atoms with van der Waals surface area (Å²) < 4.78 is 10.1. The molecule has 0 aliphatic heterocycles. The molecular weight excluding hydrogens is 222 g/mol. The highest BCUT2D eigenvalue weighted by Crippen LogP contribution is 2.00. The first kappa shape index (κ1) is 13.4. The van der Waals surface area contributed by atoms with Gasteiger partial charge >= 0.3 is 0 Å². The zero-order valence-electron chi connectivity index (χ0n) is 9.97. The SMILES string of the molecule is COCC(CNC(=O)c1cccc(N)n1)OC. The van der Waals surface area contributed by atoms with Crippen LogP contribution in [0.25, 0.3) is 0 Å². The molecule has 0 saturated carbocycles. The van der Waals surface area contributed by atoms with Crippen LogP contribution in [-0.2, 0) is 9.47 Å². The van der Waals surface area contributed by atoms with Gasteiger partial charge in [-0.15, -0.1) is 0 Å². The highest BCUT2D eigenvalue weighted by Gasteiger charge is 2.11. The first-order valence-electron chi connectivity index (χ1n) is 5.19. The van der Waals surface area contributed by atoms with Crippen LogP contribution in [0.2, 0.25) is 0 Å². The lowest BCUT2D eigenvalue weighted by molar-refractivity contribution is 0.0285. The number of hydrogen-bond acceptors (Lipinski definition) is 5. The number of methoxy groups -OCH3 is 2. The van der Waals surface area contributed by atoms with Crippen molar-refractivity contribution >= 4 is 11.7 Å². The Balaban J connectivity index is 2.49. The van der Waals surface area contributed by atoms with Crippen molar-refractivity contribution in [2.24, 2.45) is 0 Å². The van der Waals surface area contributed by atoms with E-state index in [1.165, 1.54) is 0 Å². The van der Waals surface area contributed by atoms with Crippen molar-refractivity contribution in [3.8, 4) is 0 Å². The molecule has 1 aromatic rings. The molecule has 3 N–H and O–H groups in total. The maximum Gasteiger partial charge on any atom is 0.270 e. The minimum atomic E-state index is -0.282. The van der Waals surface area contributed by atoms with Crippen LogP contribution >= 0.6 is 0 Å². The van der Waals surface area contributed by atoms with Crippen LogP contribution in [0.3, 0.4) is 0 Å². The van der Waals surface area contributed by atoms with Crippen LogP contribution in [0.15, 0.2) is 18.2 Å². The van der Waals surface area contributed by atoms with Crippen molar-refractivity contribution in [1.82, 2.24) is 10.3 Å². The second-order valence-corrected chi connectivity index (χ2v) is 3.47. The third kappa shape index (κ3) is 4.38. The fourth-order valence-corrected chi connectivity index (χ4v) is 1.27. The Labute approximate surface area is 100 Å². The molecule has 94 valence electrons. The van der Waals surface area contributed by atoms with Crippen molar-refractivity contribution in [2.45, 2.75) is 6.10 Å². The molecule has 0 aliphatic rings. The van der Waals surface area contributed by atoms with E-state index in [2.05, 4.69) is 10.3 Å². The van der Waals surface area contributed by atoms with Crippen molar-refractivity contribution in [2.75, 3.05) is 33.1 Å². The number of hydrogen-bond donors (Lipinski definition) is 2. The average Bonchev–Trinajstić information content (AvgIpc) is 2.34. The van der Waals surface area contributed by atoms with Crippen molar-refractivity contribution in [1.29, 1.82) is 0 Å². The fourth-order valence-electron chi connectivity index (χ4n) is 1.27. The molecule has 1 atom stereocenters. The number of aromatic nitrogens is 1. The summed E-state index contributed by atoms with van der Waals surface area (Å²) in [5.74, 6) is 0.0355. The van der Waals surface area contributed by atoms with Crippen LogP contribution in [0.5, 0.6) is 0 Å². The zero-order chi connectivity index (χ0) is 12.7. The summed E-state index contributed by atoms with van der Waals surface area (Å²) in [6, 6.07) is 4.91. The molecule has 6 heteroatoms. The van der Waals surface area contributed by atoms with Gasteiger partial charge in [-0.1, -0.05) is 6.07 Å². The highest BCUT2D eigenvalue weighted by molar-refractivity contribution is 5.92. The molecule has 0 aromatic carbocycles. The number of rotatable bonds is 6. The predicted octanol–water partition coefficient (Wildman–Crippen LogP) is 0.0550. The number of anilines is 1. The second kappa shape index (κ2) is 6.82. The lowest BCUT2D eigenvalue weighted by Crippen LogP contribution is -2.36. The number of nitrogens with zero attached hydrogens (tertiary/aromatic N) is 1. The minimum absolute atomic E-state index is 0.176. The second-order valence-electron chi connectivity index (χ2n) is 3.47. The molecule has 1 rings (SSSR count). The van der Waals surface area contributed by atoms with Gasteiger partial charge < -0.3 is 20.5 Å². The van der Waals surface area contributed by atoms with Gasteiger partial charge in [0.2, 0.25) is 0 Å². The predicted molar refractivity (Wildman–Crippen MR) is 63.7 cm³/mol. The van der Waals surface area contributed by atoms with E-state index < -0.39 is 0 Å². The van der Waals surface area contributed by atoms with E-state index in [4.69, 9.17) is 15.2 Å². The number of nitrogen functional groups attached to an aromatic ring is 1. The molecule has 1 aromatic heterocycles. The van der Waals surface area contributed by atoms with Crippen molar-refractivity contribution in [3.05, 3.63) is 23.9 Å². The number of carbonyl (C=O) groups is 1. The number of amides is 1. The topological polar surface area (TPSA) is 86.5 Å². The Bertz CT molecular complexity index is 371. The van der Waals surface area contributed by atoms with Crippen molar-refractivity contribution in [3.63, 3.8) is 0 Å². The standard InChI is InChI=1S/C11H17N3O3/c1-16-7-8(17-2)6-13-11(15)9-4-3-5-10(12)14-9/h3-5,8H,6-7H2,1-2H3,(H2,12,14)(H,13,15). The summed E-state index contributed by atoms with van der Waals surface area (Å²) in [7, 11) is 3.14. The van der Waals surface area contributed by atoms with Gasteiger partial charge in [-0.2, -0.15) is 0 Å². The molecule has 17 heavy (non-hydrogen) atoms. The number of pyridine rings is 1. The maximum absolute atomic E-state index is 11.7. The van der Waals surface area contributed by atoms with Gasteiger partial charge in [0.25, 0.3) is 5.91 Å². The number of nitrogens with two attached hydrogens (primary N) is 1. The van der Waals surface area contributed by atoms with E-state index in [1.807, 2.05) is 0 Å². The van der Waals surface area contributed by atoms with E-state index in [0.29, 0.717) is 19.0 Å². The summed E-state index contributed by atoms with van der Waals surface area (Å²) in [6.07, 6.45) is -0.176. The average molecular weight is 239 g/mol. The van der Waals surface area contributed by atoms with E-state index in [9.17, 15) is 4.79 Å². The third-order valence-electron chi connectivity index (χ3n) is 2.18. The summed E-state index contributed by atoms with van der Waals surface area (Å²) in [4.78, 5) is 15.6. The summed E-state index contributed by atoms with van der Waals surface area (Å²) >= 11 is 0. The monoisotopic (exact) mass is 239 g/mol. The molecule has 1 heterocycles. The first-order chi connectivity index (χ1) is 8.17. The van der Waals surface area contributed by atoms with E-state index in [1.54, 1.807) is 32.4 Å². The molecule has 0 spiro atoms. The van der Waals surface area contributed by atoms with Gasteiger partial charge in [0.1, 0.15) is 11.5 Å². The van der Waals surface area contributed by atoms with Crippen LogP contribution in [-0.4, -0.2) is 44.4 Å². The highest BCUT2D eigenvalue weighted by atomic mass is 16.5. The van der Waals surface area contributed by atoms with E-state index in [-0.39, 0.29) is 17.7 Å². The normalized spacial score (nSPS) is 12.1. The van der Waals surface area contributed by atoms with Gasteiger partial charge in [-0.25, -0.2) is 4.98 Å². The summed E-state index contributed by atoms with van der Waals surface area (Å²) in [5, 5.41) is 2.70. The molecule has 0 radical (unpaired) electrons. The van der Waals surface area contributed by atoms with E-state index in [0.717, 1.165) is 0 Å². The fraction of sp³-hybridized carbons (Fsp3) is 0.455. The van der Waals surface area contributed by atoms with Gasteiger partial charge in [-0.3, -0.25) is 4.79 Å². The maximum atomic E-state index is 11.7. The van der Waals surface area contributed by atoms with E-state index >= 15 is 0 Å². The number of ether oxygens (including phenoxy) is 2. The third-order valence-corrected chi connectivity index (χ3v) is 2.18. The van der Waals surface area contributed by atoms with Crippen molar-refractivity contribution < 1.29 is 14.3 Å². The molecule has 0 saturated heterocycles. The van der Waals surface area contributed by atoms with Crippen LogP contribution in [0.4, 0.5) is 5.82 Å².